The van der Waals surface area contributed by atoms with Crippen molar-refractivity contribution in [2.45, 2.75) is 25.4 Å². The highest BCUT2D eigenvalue weighted by Crippen LogP contribution is 2.30. The molecule has 1 aliphatic carbocycles. The third kappa shape index (κ3) is 2.62. The second-order valence-electron chi connectivity index (χ2n) is 4.47. The van der Waals surface area contributed by atoms with Gasteiger partial charge in [0.05, 0.1) is 16.8 Å². The van der Waals surface area contributed by atoms with E-state index >= 15 is 0 Å². The van der Waals surface area contributed by atoms with Crippen molar-refractivity contribution in [2.24, 2.45) is 0 Å². The number of alkyl halides is 1. The number of nitrogens with zero attached hydrogens (tertiary/aromatic N) is 2. The average Bonchev–Trinajstić information content (AvgIpc) is 3.09. The lowest BCUT2D eigenvalue weighted by atomic mass is 10.3. The van der Waals surface area contributed by atoms with Gasteiger partial charge in [-0.05, 0) is 25.0 Å². The Hall–Kier alpha value is -0.640. The van der Waals surface area contributed by atoms with Crippen molar-refractivity contribution in [1.29, 1.82) is 0 Å². The van der Waals surface area contributed by atoms with E-state index in [4.69, 9.17) is 11.6 Å². The van der Waals surface area contributed by atoms with Gasteiger partial charge in [-0.25, -0.2) is 4.98 Å². The van der Waals surface area contributed by atoms with Crippen LogP contribution in [0, 0.1) is 0 Å². The Morgan fingerprint density at radius 2 is 2.18 bits per heavy atom. The molecule has 1 aromatic carbocycles. The zero-order valence-electron chi connectivity index (χ0n) is 9.60. The summed E-state index contributed by atoms with van der Waals surface area (Å²) in [4.78, 5) is 7.14. The number of thiazole rings is 1. The maximum atomic E-state index is 5.85. The number of fused-ring (bicyclic) bond motifs is 1. The molecular formula is C13H15ClN2S. The molecule has 0 atom stereocenters. The van der Waals surface area contributed by atoms with E-state index in [9.17, 15) is 0 Å². The quantitative estimate of drug-likeness (QED) is 0.770. The van der Waals surface area contributed by atoms with Crippen molar-refractivity contribution in [1.82, 2.24) is 9.88 Å². The van der Waals surface area contributed by atoms with E-state index in [1.165, 1.54) is 22.5 Å². The summed E-state index contributed by atoms with van der Waals surface area (Å²) in [6.07, 6.45) is 2.64. The van der Waals surface area contributed by atoms with E-state index in [2.05, 4.69) is 28.1 Å². The third-order valence-corrected chi connectivity index (χ3v) is 4.30. The zero-order valence-corrected chi connectivity index (χ0v) is 11.2. The maximum Gasteiger partial charge on any atom is 0.108 e. The summed E-state index contributed by atoms with van der Waals surface area (Å²) < 4.78 is 1.28. The highest BCUT2D eigenvalue weighted by Gasteiger charge is 2.28. The molecule has 0 saturated heterocycles. The van der Waals surface area contributed by atoms with E-state index in [1.807, 2.05) is 6.07 Å². The normalized spacial score (nSPS) is 15.9. The average molecular weight is 267 g/mol. The minimum atomic E-state index is 0.710. The van der Waals surface area contributed by atoms with Crippen molar-refractivity contribution in [3.8, 4) is 0 Å². The van der Waals surface area contributed by atoms with E-state index in [-0.39, 0.29) is 0 Å². The molecule has 0 amide bonds. The molecule has 2 aromatic rings. The fraction of sp³-hybridized carbons (Fsp3) is 0.462. The summed E-state index contributed by atoms with van der Waals surface area (Å²) in [6, 6.07) is 9.09. The van der Waals surface area contributed by atoms with Gasteiger partial charge in [0.15, 0.2) is 0 Å². The molecular weight excluding hydrogens is 252 g/mol. The van der Waals surface area contributed by atoms with E-state index < -0.39 is 0 Å². The predicted octanol–water partition coefficient (Wildman–Crippen LogP) is 3.50. The summed E-state index contributed by atoms with van der Waals surface area (Å²) in [5, 5.41) is 1.21. The molecule has 0 unspecified atom stereocenters. The Morgan fingerprint density at radius 3 is 2.88 bits per heavy atom. The van der Waals surface area contributed by atoms with Gasteiger partial charge in [-0.3, -0.25) is 4.90 Å². The van der Waals surface area contributed by atoms with Crippen molar-refractivity contribution in [3.63, 3.8) is 0 Å². The Kier molecular flexibility index (Phi) is 3.32. The van der Waals surface area contributed by atoms with Crippen LogP contribution in [-0.4, -0.2) is 28.4 Å². The predicted molar refractivity (Wildman–Crippen MR) is 73.8 cm³/mol. The molecule has 1 saturated carbocycles. The van der Waals surface area contributed by atoms with Gasteiger partial charge in [-0.1, -0.05) is 12.1 Å². The van der Waals surface area contributed by atoms with Crippen LogP contribution >= 0.6 is 22.9 Å². The molecule has 1 aliphatic rings. The lowest BCUT2D eigenvalue weighted by Crippen LogP contribution is -2.27. The smallest absolute Gasteiger partial charge is 0.108 e. The standard InChI is InChI=1S/C13H15ClN2S/c14-7-8-16(10-5-6-10)9-13-15-11-3-1-2-4-12(11)17-13/h1-4,10H,5-9H2. The zero-order chi connectivity index (χ0) is 11.7. The van der Waals surface area contributed by atoms with Crippen molar-refractivity contribution in [3.05, 3.63) is 29.3 Å². The fourth-order valence-corrected chi connectivity index (χ4v) is 3.31. The van der Waals surface area contributed by atoms with Crippen LogP contribution in [0.3, 0.4) is 0 Å². The number of hydrogen-bond donors (Lipinski definition) is 0. The lowest BCUT2D eigenvalue weighted by molar-refractivity contribution is 0.271. The molecule has 0 radical (unpaired) electrons. The highest BCUT2D eigenvalue weighted by molar-refractivity contribution is 7.18. The summed E-state index contributed by atoms with van der Waals surface area (Å²) >= 11 is 7.66. The molecule has 0 bridgehead atoms. The van der Waals surface area contributed by atoms with Crippen LogP contribution < -0.4 is 0 Å². The van der Waals surface area contributed by atoms with Gasteiger partial charge in [-0.2, -0.15) is 0 Å². The lowest BCUT2D eigenvalue weighted by Gasteiger charge is -2.18. The van der Waals surface area contributed by atoms with Crippen LogP contribution in [0.15, 0.2) is 24.3 Å². The van der Waals surface area contributed by atoms with Crippen molar-refractivity contribution >= 4 is 33.2 Å². The van der Waals surface area contributed by atoms with Gasteiger partial charge in [-0.15, -0.1) is 22.9 Å². The molecule has 0 aliphatic heterocycles. The molecule has 1 aromatic heterocycles. The first-order valence-corrected chi connectivity index (χ1v) is 7.36. The monoisotopic (exact) mass is 266 g/mol. The second-order valence-corrected chi connectivity index (χ2v) is 5.96. The third-order valence-electron chi connectivity index (χ3n) is 3.11. The van der Waals surface area contributed by atoms with Gasteiger partial charge in [0.25, 0.3) is 0 Å². The van der Waals surface area contributed by atoms with Crippen LogP contribution in [0.25, 0.3) is 10.2 Å². The molecule has 90 valence electrons. The summed E-state index contributed by atoms with van der Waals surface area (Å²) in [5.74, 6) is 0.710. The molecule has 4 heteroatoms. The topological polar surface area (TPSA) is 16.1 Å². The first-order valence-electron chi connectivity index (χ1n) is 6.01. The molecule has 1 fully saturated rings. The highest BCUT2D eigenvalue weighted by atomic mass is 35.5. The fourth-order valence-electron chi connectivity index (χ4n) is 2.10. The molecule has 1 heterocycles. The van der Waals surface area contributed by atoms with Crippen LogP contribution in [0.4, 0.5) is 0 Å². The van der Waals surface area contributed by atoms with Crippen LogP contribution in [0.2, 0.25) is 0 Å². The number of para-hydroxylation sites is 1. The first-order chi connectivity index (χ1) is 8.36. The summed E-state index contributed by atoms with van der Waals surface area (Å²) in [7, 11) is 0. The Bertz CT molecular complexity index is 474. The van der Waals surface area contributed by atoms with Gasteiger partial charge in [0.2, 0.25) is 0 Å². The molecule has 0 spiro atoms. The first kappa shape index (κ1) is 11.5. The number of rotatable bonds is 5. The number of benzene rings is 1. The van der Waals surface area contributed by atoms with Gasteiger partial charge < -0.3 is 0 Å². The maximum absolute atomic E-state index is 5.85. The van der Waals surface area contributed by atoms with Crippen LogP contribution in [0.5, 0.6) is 0 Å². The molecule has 3 rings (SSSR count). The van der Waals surface area contributed by atoms with E-state index in [1.54, 1.807) is 11.3 Å². The SMILES string of the molecule is ClCCN(Cc1nc2ccccc2s1)C1CC1. The van der Waals surface area contributed by atoms with Crippen LogP contribution in [-0.2, 0) is 6.54 Å². The number of halogens is 1. The molecule has 17 heavy (non-hydrogen) atoms. The van der Waals surface area contributed by atoms with Crippen molar-refractivity contribution < 1.29 is 0 Å². The number of hydrogen-bond acceptors (Lipinski definition) is 3. The van der Waals surface area contributed by atoms with E-state index in [0.717, 1.165) is 24.6 Å². The largest absolute Gasteiger partial charge is 0.293 e. The van der Waals surface area contributed by atoms with Crippen LogP contribution in [0.1, 0.15) is 17.8 Å². The van der Waals surface area contributed by atoms with Crippen molar-refractivity contribution in [2.75, 3.05) is 12.4 Å². The number of aromatic nitrogens is 1. The summed E-state index contributed by atoms with van der Waals surface area (Å²) in [6.45, 7) is 1.93. The Morgan fingerprint density at radius 1 is 1.35 bits per heavy atom. The summed E-state index contributed by atoms with van der Waals surface area (Å²) in [5.41, 5.74) is 1.12. The van der Waals surface area contributed by atoms with Gasteiger partial charge >= 0.3 is 0 Å². The molecule has 0 N–H and O–H groups in total. The molecule has 2 nitrogen and oxygen atoms in total. The van der Waals surface area contributed by atoms with Gasteiger partial charge in [0.1, 0.15) is 5.01 Å². The van der Waals surface area contributed by atoms with Gasteiger partial charge in [0, 0.05) is 18.5 Å². The Labute approximate surface area is 110 Å². The second kappa shape index (κ2) is 4.92. The minimum absolute atomic E-state index is 0.710. The van der Waals surface area contributed by atoms with E-state index in [0.29, 0.717) is 5.88 Å². The Balaban J connectivity index is 1.78. The minimum Gasteiger partial charge on any atom is -0.293 e.